The molecule has 0 saturated heterocycles. The van der Waals surface area contributed by atoms with E-state index in [1.807, 2.05) is 5.38 Å². The van der Waals surface area contributed by atoms with E-state index in [4.69, 9.17) is 16.3 Å². The number of fused-ring (bicyclic) bond motifs is 1. The molecule has 0 atom stereocenters. The quantitative estimate of drug-likeness (QED) is 0.414. The number of thiophene rings is 1. The van der Waals surface area contributed by atoms with Crippen LogP contribution in [-0.4, -0.2) is 14.9 Å². The van der Waals surface area contributed by atoms with Gasteiger partial charge >= 0.3 is 5.69 Å². The lowest BCUT2D eigenvalue weighted by atomic mass is 10.3. The number of hydrogen-bond donors (Lipinski definition) is 0. The van der Waals surface area contributed by atoms with Crippen LogP contribution in [0.15, 0.2) is 35.7 Å². The lowest BCUT2D eigenvalue weighted by Gasteiger charge is -2.06. The van der Waals surface area contributed by atoms with Gasteiger partial charge in [0.25, 0.3) is 0 Å². The summed E-state index contributed by atoms with van der Waals surface area (Å²) >= 11 is 7.21. The molecule has 0 saturated carbocycles. The van der Waals surface area contributed by atoms with Gasteiger partial charge in [0.2, 0.25) is 16.9 Å². The summed E-state index contributed by atoms with van der Waals surface area (Å²) in [4.78, 5) is 19.2. The topological polar surface area (TPSA) is 78.2 Å². The van der Waals surface area contributed by atoms with Crippen molar-refractivity contribution >= 4 is 38.8 Å². The molecular weight excluding hydrogens is 302 g/mol. The van der Waals surface area contributed by atoms with Gasteiger partial charge in [0.05, 0.1) is 10.3 Å². The third kappa shape index (κ3) is 2.28. The Morgan fingerprint density at radius 2 is 2.05 bits per heavy atom. The van der Waals surface area contributed by atoms with E-state index in [0.29, 0.717) is 10.2 Å². The number of rotatable bonds is 3. The number of hydrogen-bond acceptors (Lipinski definition) is 6. The smallest absolute Gasteiger partial charge is 0.311 e. The molecule has 20 heavy (non-hydrogen) atoms. The predicted molar refractivity (Wildman–Crippen MR) is 75.6 cm³/mol. The Balaban J connectivity index is 2.10. The molecule has 0 aliphatic heterocycles. The molecule has 8 heteroatoms. The number of nitro benzene ring substituents is 1. The highest BCUT2D eigenvalue weighted by Gasteiger charge is 2.17. The summed E-state index contributed by atoms with van der Waals surface area (Å²) in [6, 6.07) is 7.86. The third-order valence-corrected chi connectivity index (χ3v) is 3.51. The fraction of sp³-hybridized carbons (Fsp3) is 0. The first kappa shape index (κ1) is 12.8. The van der Waals surface area contributed by atoms with E-state index in [1.54, 1.807) is 18.2 Å². The molecule has 0 N–H and O–H groups in total. The number of halogens is 1. The Kier molecular flexibility index (Phi) is 3.21. The molecule has 0 spiro atoms. The fourth-order valence-corrected chi connectivity index (χ4v) is 2.65. The number of nitro groups is 1. The summed E-state index contributed by atoms with van der Waals surface area (Å²) in [6.07, 6.45) is 0. The average Bonchev–Trinajstić information content (AvgIpc) is 2.87. The van der Waals surface area contributed by atoms with Crippen LogP contribution in [0.5, 0.6) is 11.6 Å². The Morgan fingerprint density at radius 3 is 2.85 bits per heavy atom. The molecule has 0 radical (unpaired) electrons. The van der Waals surface area contributed by atoms with Gasteiger partial charge in [-0.05, 0) is 29.1 Å². The molecular formula is C12H6ClN3O3S. The van der Waals surface area contributed by atoms with Crippen molar-refractivity contribution in [3.8, 4) is 11.6 Å². The summed E-state index contributed by atoms with van der Waals surface area (Å²) in [5.74, 6) is 0.315. The van der Waals surface area contributed by atoms with Crippen molar-refractivity contribution in [2.45, 2.75) is 0 Å². The second-order valence-corrected chi connectivity index (χ2v) is 5.00. The number of benzene rings is 1. The Hall–Kier alpha value is -2.25. The molecule has 1 aromatic carbocycles. The zero-order valence-corrected chi connectivity index (χ0v) is 11.4. The molecule has 100 valence electrons. The maximum Gasteiger partial charge on any atom is 0.311 e. The summed E-state index contributed by atoms with van der Waals surface area (Å²) in [6.45, 7) is 0. The molecule has 0 aliphatic carbocycles. The van der Waals surface area contributed by atoms with E-state index in [0.717, 1.165) is 0 Å². The molecule has 0 amide bonds. The lowest BCUT2D eigenvalue weighted by molar-refractivity contribution is -0.385. The molecule has 2 heterocycles. The average molecular weight is 308 g/mol. The van der Waals surface area contributed by atoms with Crippen molar-refractivity contribution < 1.29 is 9.66 Å². The largest absolute Gasteiger partial charge is 0.431 e. The van der Waals surface area contributed by atoms with Crippen LogP contribution < -0.4 is 4.74 Å². The van der Waals surface area contributed by atoms with Crippen molar-refractivity contribution in [2.75, 3.05) is 0 Å². The lowest BCUT2D eigenvalue weighted by Crippen LogP contribution is -1.95. The van der Waals surface area contributed by atoms with Crippen molar-refractivity contribution in [3.63, 3.8) is 0 Å². The van der Waals surface area contributed by atoms with Gasteiger partial charge in [0, 0.05) is 6.07 Å². The zero-order chi connectivity index (χ0) is 14.1. The second-order valence-electron chi connectivity index (χ2n) is 3.76. The van der Waals surface area contributed by atoms with Gasteiger partial charge in [-0.1, -0.05) is 12.1 Å². The van der Waals surface area contributed by atoms with Crippen LogP contribution in [0.3, 0.4) is 0 Å². The van der Waals surface area contributed by atoms with Crippen LogP contribution in [-0.2, 0) is 0 Å². The third-order valence-electron chi connectivity index (χ3n) is 2.53. The molecule has 0 aliphatic rings. The minimum Gasteiger partial charge on any atom is -0.431 e. The van der Waals surface area contributed by atoms with Crippen LogP contribution in [0.25, 0.3) is 10.2 Å². The Labute approximate surface area is 121 Å². The predicted octanol–water partition coefficient (Wildman–Crippen LogP) is 4.05. The van der Waals surface area contributed by atoms with Crippen LogP contribution in [0, 0.1) is 10.1 Å². The van der Waals surface area contributed by atoms with Crippen LogP contribution in [0.4, 0.5) is 5.69 Å². The molecule has 3 aromatic rings. The van der Waals surface area contributed by atoms with E-state index in [9.17, 15) is 10.1 Å². The zero-order valence-electron chi connectivity index (χ0n) is 9.82. The van der Waals surface area contributed by atoms with Crippen molar-refractivity contribution in [1.82, 2.24) is 9.97 Å². The second kappa shape index (κ2) is 5.03. The van der Waals surface area contributed by atoms with Gasteiger partial charge in [-0.2, -0.15) is 4.98 Å². The first-order valence-electron chi connectivity index (χ1n) is 5.47. The van der Waals surface area contributed by atoms with Gasteiger partial charge in [0.1, 0.15) is 4.83 Å². The van der Waals surface area contributed by atoms with Crippen molar-refractivity contribution in [2.24, 2.45) is 0 Å². The molecule has 0 unspecified atom stereocenters. The molecule has 0 bridgehead atoms. The van der Waals surface area contributed by atoms with Crippen LogP contribution in [0.1, 0.15) is 0 Å². The van der Waals surface area contributed by atoms with Crippen LogP contribution in [0.2, 0.25) is 5.28 Å². The summed E-state index contributed by atoms with van der Waals surface area (Å²) in [5.41, 5.74) is -0.134. The Bertz CT molecular complexity index is 805. The highest BCUT2D eigenvalue weighted by atomic mass is 35.5. The highest BCUT2D eigenvalue weighted by Crippen LogP contribution is 2.35. The van der Waals surface area contributed by atoms with Gasteiger partial charge in [0.15, 0.2) is 0 Å². The number of aromatic nitrogens is 2. The number of nitrogens with zero attached hydrogens (tertiary/aromatic N) is 3. The van der Waals surface area contributed by atoms with E-state index >= 15 is 0 Å². The first-order chi connectivity index (χ1) is 9.65. The van der Waals surface area contributed by atoms with Gasteiger partial charge in [-0.15, -0.1) is 11.3 Å². The van der Waals surface area contributed by atoms with E-state index < -0.39 is 4.92 Å². The van der Waals surface area contributed by atoms with Crippen molar-refractivity contribution in [1.29, 1.82) is 0 Å². The maximum atomic E-state index is 11.0. The van der Waals surface area contributed by atoms with Crippen molar-refractivity contribution in [3.05, 3.63) is 51.1 Å². The highest BCUT2D eigenvalue weighted by molar-refractivity contribution is 7.16. The minimum atomic E-state index is -0.511. The van der Waals surface area contributed by atoms with Gasteiger partial charge in [-0.25, -0.2) is 4.98 Å². The van der Waals surface area contributed by atoms with E-state index in [1.165, 1.54) is 23.5 Å². The van der Waals surface area contributed by atoms with Crippen LogP contribution >= 0.6 is 22.9 Å². The minimum absolute atomic E-state index is 0.0357. The molecule has 2 aromatic heterocycles. The monoisotopic (exact) mass is 307 g/mol. The summed E-state index contributed by atoms with van der Waals surface area (Å²) in [5, 5.41) is 13.5. The van der Waals surface area contributed by atoms with Gasteiger partial charge < -0.3 is 4.74 Å². The summed E-state index contributed by atoms with van der Waals surface area (Å²) < 4.78 is 5.55. The number of para-hydroxylation sites is 2. The number of ether oxygens (including phenoxy) is 1. The SMILES string of the molecule is O=[N+]([O-])c1ccccc1Oc1nc(Cl)nc2sccc12. The molecule has 0 fully saturated rings. The fourth-order valence-electron chi connectivity index (χ4n) is 1.68. The first-order valence-corrected chi connectivity index (χ1v) is 6.73. The maximum absolute atomic E-state index is 11.0. The molecule has 3 rings (SSSR count). The standard InChI is InChI=1S/C12H6ClN3O3S/c13-12-14-10(7-5-6-20-11(7)15-12)19-9-4-2-1-3-8(9)16(17)18/h1-6H. The van der Waals surface area contributed by atoms with E-state index in [-0.39, 0.29) is 22.6 Å². The molecule has 6 nitrogen and oxygen atoms in total. The normalized spacial score (nSPS) is 10.7. The van der Waals surface area contributed by atoms with Gasteiger partial charge in [-0.3, -0.25) is 10.1 Å². The summed E-state index contributed by atoms with van der Waals surface area (Å²) in [7, 11) is 0. The Morgan fingerprint density at radius 1 is 1.25 bits per heavy atom. The van der Waals surface area contributed by atoms with E-state index in [2.05, 4.69) is 9.97 Å².